The van der Waals surface area contributed by atoms with Crippen molar-refractivity contribution in [1.82, 2.24) is 9.97 Å². The molecule has 0 saturated heterocycles. The number of hydrogen-bond acceptors (Lipinski definition) is 8. The number of aromatic nitrogens is 2. The van der Waals surface area contributed by atoms with Crippen LogP contribution in [0.3, 0.4) is 0 Å². The van der Waals surface area contributed by atoms with E-state index in [1.165, 1.54) is 18.1 Å². The van der Waals surface area contributed by atoms with Gasteiger partial charge in [0.2, 0.25) is 5.82 Å². The molecule has 17 heavy (non-hydrogen) atoms. The molecule has 9 heteroatoms. The molecule has 1 unspecified atom stereocenters. The fourth-order valence-corrected chi connectivity index (χ4v) is 1.99. The molecule has 0 aliphatic heterocycles. The van der Waals surface area contributed by atoms with Gasteiger partial charge in [0, 0.05) is 12.4 Å². The van der Waals surface area contributed by atoms with E-state index < -0.39 is 4.92 Å². The predicted octanol–water partition coefficient (Wildman–Crippen LogP) is 0.391. The van der Waals surface area contributed by atoms with Crippen molar-refractivity contribution < 1.29 is 10.0 Å². The van der Waals surface area contributed by atoms with Crippen molar-refractivity contribution in [3.63, 3.8) is 0 Å². The summed E-state index contributed by atoms with van der Waals surface area (Å²) in [5.41, 5.74) is 1.92. The number of hydrogen-bond donors (Lipinski definition) is 3. The smallest absolute Gasteiger partial charge is 0.344 e. The van der Waals surface area contributed by atoms with Crippen LogP contribution in [0.15, 0.2) is 11.4 Å². The molecule has 0 bridgehead atoms. The first-order valence-electron chi connectivity index (χ1n) is 4.79. The van der Waals surface area contributed by atoms with E-state index in [2.05, 4.69) is 15.4 Å². The Kier molecular flexibility index (Phi) is 5.07. The summed E-state index contributed by atoms with van der Waals surface area (Å²) in [4.78, 5) is 17.8. The Balaban J connectivity index is 2.94. The van der Waals surface area contributed by atoms with E-state index >= 15 is 0 Å². The van der Waals surface area contributed by atoms with Crippen molar-refractivity contribution in [2.75, 3.05) is 17.8 Å². The third kappa shape index (κ3) is 3.51. The van der Waals surface area contributed by atoms with Crippen LogP contribution in [-0.2, 0) is 0 Å². The number of aliphatic hydroxyl groups excluding tert-OH is 1. The minimum absolute atomic E-state index is 0.0217. The molecule has 0 fully saturated rings. The maximum absolute atomic E-state index is 10.9. The zero-order chi connectivity index (χ0) is 12.8. The molecule has 1 aromatic rings. The average Bonchev–Trinajstić information content (AvgIpc) is 2.34. The van der Waals surface area contributed by atoms with Crippen LogP contribution in [-0.4, -0.2) is 32.4 Å². The van der Waals surface area contributed by atoms with Crippen molar-refractivity contribution >= 4 is 23.3 Å². The van der Waals surface area contributed by atoms with Gasteiger partial charge >= 0.3 is 5.69 Å². The van der Waals surface area contributed by atoms with Gasteiger partial charge in [0.25, 0.3) is 0 Å². The van der Waals surface area contributed by atoms with E-state index in [4.69, 9.17) is 10.9 Å². The lowest BCUT2D eigenvalue weighted by Gasteiger charge is -2.08. The second-order valence-electron chi connectivity index (χ2n) is 3.38. The molecule has 0 spiro atoms. The highest BCUT2D eigenvalue weighted by molar-refractivity contribution is 7.99. The Morgan fingerprint density at radius 2 is 2.41 bits per heavy atom. The normalized spacial score (nSPS) is 12.2. The summed E-state index contributed by atoms with van der Waals surface area (Å²) in [6.45, 7) is 1.86. The Morgan fingerprint density at radius 1 is 1.71 bits per heavy atom. The quantitative estimate of drug-likeness (QED) is 0.220. The third-order valence-electron chi connectivity index (χ3n) is 1.92. The van der Waals surface area contributed by atoms with E-state index in [1.807, 2.05) is 6.92 Å². The van der Waals surface area contributed by atoms with Gasteiger partial charge in [-0.1, -0.05) is 18.7 Å². The maximum atomic E-state index is 10.9. The number of anilines is 1. The largest absolute Gasteiger partial charge is 0.396 e. The van der Waals surface area contributed by atoms with Crippen molar-refractivity contribution in [1.29, 1.82) is 0 Å². The second-order valence-corrected chi connectivity index (χ2v) is 4.38. The van der Waals surface area contributed by atoms with Crippen molar-refractivity contribution in [3.05, 3.63) is 16.4 Å². The number of nitro groups is 1. The SMILES string of the molecule is CC(CO)CSc1ncnc(NN)c1[N+](=O)[O-]. The minimum Gasteiger partial charge on any atom is -0.396 e. The van der Waals surface area contributed by atoms with Gasteiger partial charge in [-0.2, -0.15) is 0 Å². The number of nitrogens with two attached hydrogens (primary N) is 1. The summed E-state index contributed by atoms with van der Waals surface area (Å²) in [7, 11) is 0. The first kappa shape index (κ1) is 13.6. The summed E-state index contributed by atoms with van der Waals surface area (Å²) in [6.07, 6.45) is 1.20. The van der Waals surface area contributed by atoms with Gasteiger partial charge in [-0.05, 0) is 5.92 Å². The standard InChI is InChI=1S/C8H13N5O3S/c1-5(2-14)3-17-8-6(13(15)16)7(12-9)10-4-11-8/h4-5,14H,2-3,9H2,1H3,(H,10,11,12). The minimum atomic E-state index is -0.582. The van der Waals surface area contributed by atoms with Crippen LogP contribution >= 0.6 is 11.8 Å². The summed E-state index contributed by atoms with van der Waals surface area (Å²) >= 11 is 1.19. The second kappa shape index (κ2) is 6.33. The lowest BCUT2D eigenvalue weighted by molar-refractivity contribution is -0.387. The molecule has 0 aliphatic carbocycles. The number of aliphatic hydroxyl groups is 1. The Hall–Kier alpha value is -1.45. The van der Waals surface area contributed by atoms with Gasteiger partial charge in [0.15, 0.2) is 5.03 Å². The number of hydrazine groups is 1. The Labute approximate surface area is 102 Å². The van der Waals surface area contributed by atoms with E-state index in [9.17, 15) is 10.1 Å². The summed E-state index contributed by atoms with van der Waals surface area (Å²) in [5, 5.41) is 20.0. The van der Waals surface area contributed by atoms with Crippen LogP contribution in [0.4, 0.5) is 11.5 Å². The lowest BCUT2D eigenvalue weighted by atomic mass is 10.2. The topological polar surface area (TPSA) is 127 Å². The summed E-state index contributed by atoms with van der Waals surface area (Å²) < 4.78 is 0. The molecule has 0 radical (unpaired) electrons. The fourth-order valence-electron chi connectivity index (χ4n) is 1.01. The first-order chi connectivity index (χ1) is 8.10. The molecule has 0 aliphatic rings. The highest BCUT2D eigenvalue weighted by Gasteiger charge is 2.22. The van der Waals surface area contributed by atoms with Gasteiger partial charge < -0.3 is 10.5 Å². The molecule has 1 rings (SSSR count). The van der Waals surface area contributed by atoms with Gasteiger partial charge in [-0.15, -0.1) is 0 Å². The predicted molar refractivity (Wildman–Crippen MR) is 63.5 cm³/mol. The number of nitrogen functional groups attached to an aromatic ring is 1. The molecule has 1 heterocycles. The zero-order valence-corrected chi connectivity index (χ0v) is 9.98. The Bertz CT molecular complexity index is 403. The van der Waals surface area contributed by atoms with Crippen molar-refractivity contribution in [3.8, 4) is 0 Å². The molecule has 8 nitrogen and oxygen atoms in total. The first-order valence-corrected chi connectivity index (χ1v) is 5.78. The zero-order valence-electron chi connectivity index (χ0n) is 9.16. The van der Waals surface area contributed by atoms with Crippen LogP contribution in [0, 0.1) is 16.0 Å². The maximum Gasteiger partial charge on any atom is 0.344 e. The van der Waals surface area contributed by atoms with Crippen LogP contribution in [0.1, 0.15) is 6.92 Å². The molecular formula is C8H13N5O3S. The summed E-state index contributed by atoms with van der Waals surface area (Å²) in [5.74, 6) is 5.68. The number of thioether (sulfide) groups is 1. The van der Waals surface area contributed by atoms with Gasteiger partial charge in [0.05, 0.1) is 4.92 Å². The van der Waals surface area contributed by atoms with Crippen molar-refractivity contribution in [2.24, 2.45) is 11.8 Å². The molecule has 0 amide bonds. The molecule has 1 atom stereocenters. The van der Waals surface area contributed by atoms with Crippen LogP contribution < -0.4 is 11.3 Å². The lowest BCUT2D eigenvalue weighted by Crippen LogP contribution is -2.12. The molecule has 0 saturated carbocycles. The molecule has 0 aromatic carbocycles. The number of rotatable bonds is 6. The van der Waals surface area contributed by atoms with Gasteiger partial charge in [-0.3, -0.25) is 10.1 Å². The molecule has 4 N–H and O–H groups in total. The van der Waals surface area contributed by atoms with Crippen molar-refractivity contribution in [2.45, 2.75) is 11.9 Å². The Morgan fingerprint density at radius 3 is 2.94 bits per heavy atom. The summed E-state index contributed by atoms with van der Waals surface area (Å²) in [6, 6.07) is 0. The average molecular weight is 259 g/mol. The number of nitrogens with zero attached hydrogens (tertiary/aromatic N) is 3. The monoisotopic (exact) mass is 259 g/mol. The van der Waals surface area contributed by atoms with E-state index in [0.29, 0.717) is 5.75 Å². The van der Waals surface area contributed by atoms with E-state index in [0.717, 1.165) is 0 Å². The highest BCUT2D eigenvalue weighted by Crippen LogP contribution is 2.32. The molecule has 94 valence electrons. The van der Waals surface area contributed by atoms with Crippen LogP contribution in [0.2, 0.25) is 0 Å². The third-order valence-corrected chi connectivity index (χ3v) is 3.23. The molecular weight excluding hydrogens is 246 g/mol. The van der Waals surface area contributed by atoms with Gasteiger partial charge in [-0.25, -0.2) is 15.8 Å². The highest BCUT2D eigenvalue weighted by atomic mass is 32.2. The van der Waals surface area contributed by atoms with E-state index in [1.54, 1.807) is 0 Å². The van der Waals surface area contributed by atoms with Gasteiger partial charge in [0.1, 0.15) is 6.33 Å². The van der Waals surface area contributed by atoms with Crippen LogP contribution in [0.25, 0.3) is 0 Å². The number of nitrogens with one attached hydrogen (secondary N) is 1. The van der Waals surface area contributed by atoms with Crippen LogP contribution in [0.5, 0.6) is 0 Å². The van der Waals surface area contributed by atoms with E-state index in [-0.39, 0.29) is 29.1 Å². The molecule has 1 aromatic heterocycles. The fraction of sp³-hybridized carbons (Fsp3) is 0.500.